The number of hydrogen-bond donors (Lipinski definition) is 3. The van der Waals surface area contributed by atoms with E-state index in [2.05, 4.69) is 6.58 Å². The minimum absolute atomic E-state index is 0.151. The first-order chi connectivity index (χ1) is 20.8. The van der Waals surface area contributed by atoms with Crippen LogP contribution in [0.2, 0.25) is 0 Å². The molecule has 12 nitrogen and oxygen atoms in total. The van der Waals surface area contributed by atoms with Gasteiger partial charge in [-0.25, -0.2) is 4.79 Å². The Morgan fingerprint density at radius 2 is 1.04 bits per heavy atom. The van der Waals surface area contributed by atoms with Gasteiger partial charge in [-0.3, -0.25) is 19.2 Å². The quantitative estimate of drug-likeness (QED) is 0.0821. The summed E-state index contributed by atoms with van der Waals surface area (Å²) in [6.07, 6.45) is 1.90. The van der Waals surface area contributed by atoms with Crippen molar-refractivity contribution < 1.29 is 53.1 Å². The fourth-order valence-electron chi connectivity index (χ4n) is 1.74. The minimum atomic E-state index is -1.02. The van der Waals surface area contributed by atoms with Gasteiger partial charge in [0.05, 0.1) is 22.9 Å². The molecule has 0 saturated heterocycles. The van der Waals surface area contributed by atoms with Crippen molar-refractivity contribution in [2.45, 2.75) is 122 Å². The van der Waals surface area contributed by atoms with Gasteiger partial charge in [0, 0.05) is 18.1 Å². The van der Waals surface area contributed by atoms with Crippen LogP contribution in [0.25, 0.3) is 0 Å². The molecule has 1 atom stereocenters. The van der Waals surface area contributed by atoms with Crippen LogP contribution in [0.4, 0.5) is 0 Å². The molecule has 0 aliphatic rings. The monoisotopic (exact) mass is 663 g/mol. The van der Waals surface area contributed by atoms with Gasteiger partial charge in [-0.15, -0.1) is 0 Å². The molecule has 0 heterocycles. The zero-order chi connectivity index (χ0) is 37.5. The second kappa shape index (κ2) is 24.2. The van der Waals surface area contributed by atoms with E-state index in [1.807, 2.05) is 55.4 Å². The normalized spacial score (nSPS) is 11.9. The first kappa shape index (κ1) is 49.9. The number of carbonyl (C=O) groups excluding carboxylic acids is 4. The number of aliphatic hydroxyl groups is 1. The third-order valence-corrected chi connectivity index (χ3v) is 7.57. The molecule has 46 heavy (non-hydrogen) atoms. The van der Waals surface area contributed by atoms with Crippen LogP contribution in [-0.4, -0.2) is 79.6 Å². The molecule has 0 aromatic heterocycles. The fourth-order valence-corrected chi connectivity index (χ4v) is 1.74. The SMILES string of the molecule is C=C(C)C(=O)OCC(O)COC(=O)C(C)(C)CC.CCC(C)(C)C(=O)O.CCC(C)(C)C(=O)OCCOC.CCC(C)(C)C(N)=O. The molecular weight excluding hydrogens is 598 g/mol. The third kappa shape index (κ3) is 24.3. The molecule has 0 bridgehead atoms. The van der Waals surface area contributed by atoms with Crippen LogP contribution >= 0.6 is 0 Å². The van der Waals surface area contributed by atoms with Crippen molar-refractivity contribution in [3.8, 4) is 0 Å². The Labute approximate surface area is 277 Å². The molecule has 12 heteroatoms. The molecule has 0 fully saturated rings. The Morgan fingerprint density at radius 1 is 0.674 bits per heavy atom. The number of carboxylic acids is 1. The minimum Gasteiger partial charge on any atom is -0.481 e. The van der Waals surface area contributed by atoms with Gasteiger partial charge >= 0.3 is 23.9 Å². The smallest absolute Gasteiger partial charge is 0.333 e. The molecule has 0 aromatic rings. The number of methoxy groups -OCH3 is 1. The first-order valence-corrected chi connectivity index (χ1v) is 15.6. The van der Waals surface area contributed by atoms with Gasteiger partial charge in [-0.2, -0.15) is 0 Å². The highest BCUT2D eigenvalue weighted by atomic mass is 16.6. The third-order valence-electron chi connectivity index (χ3n) is 7.57. The summed E-state index contributed by atoms with van der Waals surface area (Å²) in [6.45, 7) is 27.4. The van der Waals surface area contributed by atoms with E-state index in [9.17, 15) is 29.1 Å². The molecule has 0 radical (unpaired) electrons. The maximum absolute atomic E-state index is 11.6. The molecule has 1 amide bonds. The Kier molecular flexibility index (Phi) is 26.3. The molecule has 0 rings (SSSR count). The van der Waals surface area contributed by atoms with Crippen molar-refractivity contribution in [1.29, 1.82) is 0 Å². The molecule has 0 spiro atoms. The summed E-state index contributed by atoms with van der Waals surface area (Å²) in [5.41, 5.74) is 3.49. The van der Waals surface area contributed by atoms with E-state index in [0.717, 1.165) is 12.8 Å². The van der Waals surface area contributed by atoms with E-state index in [1.54, 1.807) is 34.8 Å². The van der Waals surface area contributed by atoms with E-state index in [1.165, 1.54) is 6.92 Å². The fraction of sp³-hybridized carbons (Fsp3) is 0.794. The van der Waals surface area contributed by atoms with Gasteiger partial charge in [0.25, 0.3) is 0 Å². The van der Waals surface area contributed by atoms with E-state index in [4.69, 9.17) is 29.8 Å². The largest absolute Gasteiger partial charge is 0.481 e. The van der Waals surface area contributed by atoms with Gasteiger partial charge in [-0.1, -0.05) is 48.1 Å². The van der Waals surface area contributed by atoms with Crippen molar-refractivity contribution in [1.82, 2.24) is 0 Å². The highest BCUT2D eigenvalue weighted by Crippen LogP contribution is 2.22. The highest BCUT2D eigenvalue weighted by Gasteiger charge is 2.28. The number of aliphatic carboxylic acids is 1. The number of ether oxygens (including phenoxy) is 4. The molecule has 1 unspecified atom stereocenters. The predicted octanol–water partition coefficient (Wildman–Crippen LogP) is 5.47. The van der Waals surface area contributed by atoms with Crippen molar-refractivity contribution in [2.75, 3.05) is 33.5 Å². The summed E-state index contributed by atoms with van der Waals surface area (Å²) >= 11 is 0. The summed E-state index contributed by atoms with van der Waals surface area (Å²) in [4.78, 5) is 54.7. The number of nitrogens with two attached hydrogens (primary N) is 1. The lowest BCUT2D eigenvalue weighted by Crippen LogP contribution is -2.31. The maximum Gasteiger partial charge on any atom is 0.333 e. The summed E-state index contributed by atoms with van der Waals surface area (Å²) in [5, 5.41) is 17.9. The number of esters is 3. The lowest BCUT2D eigenvalue weighted by atomic mass is 9.90. The molecule has 0 aliphatic heterocycles. The standard InChI is InChI=1S/C13H22O5.C9H18O3.C6H13NO.C6H12O2/c1-6-13(4,5)12(16)18-8-10(14)7-17-11(15)9(2)3;1-5-9(2,3)8(10)12-7-6-11-4;2*1-4-6(2,3)5(7)8/h10,14H,2,6-8H2,1,3-5H3;5-7H2,1-4H3;4H2,1-3H3,(H2,7,8);4H2,1-3H3,(H,7,8). The lowest BCUT2D eigenvalue weighted by molar-refractivity contribution is -0.159. The van der Waals surface area contributed by atoms with Crippen molar-refractivity contribution in [3.05, 3.63) is 12.2 Å². The highest BCUT2D eigenvalue weighted by molar-refractivity contribution is 5.86. The van der Waals surface area contributed by atoms with Crippen LogP contribution in [0.3, 0.4) is 0 Å². The molecular formula is C34H65NO11. The van der Waals surface area contributed by atoms with Gasteiger partial charge in [0.1, 0.15) is 25.9 Å². The number of rotatable bonds is 16. The van der Waals surface area contributed by atoms with Crippen LogP contribution < -0.4 is 5.73 Å². The van der Waals surface area contributed by atoms with E-state index in [0.29, 0.717) is 26.1 Å². The molecule has 272 valence electrons. The number of amides is 1. The predicted molar refractivity (Wildman–Crippen MR) is 179 cm³/mol. The van der Waals surface area contributed by atoms with Crippen molar-refractivity contribution in [3.63, 3.8) is 0 Å². The Bertz CT molecular complexity index is 911. The van der Waals surface area contributed by atoms with Gasteiger partial charge in [0.15, 0.2) is 0 Å². The molecule has 0 aromatic carbocycles. The molecule has 0 saturated carbocycles. The second-order valence-electron chi connectivity index (χ2n) is 13.4. The number of hydrogen-bond acceptors (Lipinski definition) is 10. The Morgan fingerprint density at radius 3 is 1.30 bits per heavy atom. The van der Waals surface area contributed by atoms with Crippen LogP contribution in [0.1, 0.15) is 116 Å². The van der Waals surface area contributed by atoms with Crippen LogP contribution in [0.5, 0.6) is 0 Å². The van der Waals surface area contributed by atoms with Crippen LogP contribution in [0.15, 0.2) is 12.2 Å². The number of primary amides is 1. The summed E-state index contributed by atoms with van der Waals surface area (Å²) in [7, 11) is 1.58. The van der Waals surface area contributed by atoms with Gasteiger partial charge in [0.2, 0.25) is 5.91 Å². The van der Waals surface area contributed by atoms with E-state index >= 15 is 0 Å². The van der Waals surface area contributed by atoms with Crippen molar-refractivity contribution >= 4 is 29.8 Å². The zero-order valence-electron chi connectivity index (χ0n) is 31.1. The van der Waals surface area contributed by atoms with Gasteiger partial charge < -0.3 is 34.9 Å². The molecule has 0 aliphatic carbocycles. The number of carboxylic acid groups (broad SMARTS) is 1. The van der Waals surface area contributed by atoms with Crippen molar-refractivity contribution in [2.24, 2.45) is 27.4 Å². The van der Waals surface area contributed by atoms with Crippen LogP contribution in [0, 0.1) is 21.7 Å². The van der Waals surface area contributed by atoms with E-state index in [-0.39, 0.29) is 47.5 Å². The van der Waals surface area contributed by atoms with E-state index < -0.39 is 28.9 Å². The number of carbonyl (C=O) groups is 5. The average Bonchev–Trinajstić information content (AvgIpc) is 2.99. The lowest BCUT2D eigenvalue weighted by Gasteiger charge is -2.21. The molecule has 4 N–H and O–H groups in total. The Hall–Kier alpha value is -2.99. The topological polar surface area (TPSA) is 189 Å². The number of aliphatic hydroxyl groups excluding tert-OH is 1. The maximum atomic E-state index is 11.6. The Balaban J connectivity index is -0.000000273. The van der Waals surface area contributed by atoms with Crippen LogP contribution in [-0.2, 0) is 42.9 Å². The zero-order valence-corrected chi connectivity index (χ0v) is 31.1. The first-order valence-electron chi connectivity index (χ1n) is 15.6. The summed E-state index contributed by atoms with van der Waals surface area (Å²) in [5.74, 6) is -2.05. The summed E-state index contributed by atoms with van der Waals surface area (Å²) < 4.78 is 19.4. The summed E-state index contributed by atoms with van der Waals surface area (Å²) in [6, 6.07) is 0. The second-order valence-corrected chi connectivity index (χ2v) is 13.4. The average molecular weight is 664 g/mol. The van der Waals surface area contributed by atoms with Gasteiger partial charge in [-0.05, 0) is 74.1 Å².